The lowest BCUT2D eigenvalue weighted by Gasteiger charge is -2.19. The number of aromatic nitrogens is 3. The first kappa shape index (κ1) is 13.0. The highest BCUT2D eigenvalue weighted by Gasteiger charge is 2.22. The van der Waals surface area contributed by atoms with E-state index < -0.39 is 0 Å². The molecule has 4 nitrogen and oxygen atoms in total. The second-order valence-corrected chi connectivity index (χ2v) is 6.73. The summed E-state index contributed by atoms with van der Waals surface area (Å²) < 4.78 is 2.07. The standard InChI is InChI=1S/C16H18N4S/c1-11-9-13-14(10-17-11)21-16-18-15(19-20(13)16)8-7-12-5-3-2-4-6-12/h2-6,11,17H,7-10H2,1H3. The Morgan fingerprint density at radius 2 is 2.14 bits per heavy atom. The maximum Gasteiger partial charge on any atom is 0.212 e. The Kier molecular flexibility index (Phi) is 3.24. The molecule has 4 rings (SSSR count). The number of aryl methyl sites for hydroxylation is 2. The van der Waals surface area contributed by atoms with Gasteiger partial charge in [-0.15, -0.1) is 0 Å². The Morgan fingerprint density at radius 3 is 3.00 bits per heavy atom. The Labute approximate surface area is 127 Å². The molecular weight excluding hydrogens is 280 g/mol. The fourth-order valence-electron chi connectivity index (χ4n) is 2.84. The minimum atomic E-state index is 0.521. The molecule has 1 N–H and O–H groups in total. The van der Waals surface area contributed by atoms with Gasteiger partial charge in [-0.25, -0.2) is 9.50 Å². The minimum Gasteiger partial charge on any atom is -0.309 e. The molecule has 1 aliphatic rings. The third kappa shape index (κ3) is 2.47. The quantitative estimate of drug-likeness (QED) is 0.808. The summed E-state index contributed by atoms with van der Waals surface area (Å²) in [5.74, 6) is 0.957. The van der Waals surface area contributed by atoms with E-state index in [1.54, 1.807) is 11.3 Å². The molecule has 21 heavy (non-hydrogen) atoms. The van der Waals surface area contributed by atoms with Crippen molar-refractivity contribution in [2.45, 2.75) is 38.8 Å². The number of benzene rings is 1. The summed E-state index contributed by atoms with van der Waals surface area (Å²) in [6.07, 6.45) is 2.94. The highest BCUT2D eigenvalue weighted by molar-refractivity contribution is 7.17. The molecule has 0 amide bonds. The van der Waals surface area contributed by atoms with E-state index in [1.807, 2.05) is 0 Å². The molecule has 0 radical (unpaired) electrons. The monoisotopic (exact) mass is 298 g/mol. The van der Waals surface area contributed by atoms with Gasteiger partial charge in [0, 0.05) is 30.3 Å². The van der Waals surface area contributed by atoms with Crippen LogP contribution in [-0.2, 0) is 25.8 Å². The van der Waals surface area contributed by atoms with E-state index in [-0.39, 0.29) is 0 Å². The SMILES string of the molecule is CC1Cc2c(sc3nc(CCc4ccccc4)nn23)CN1. The van der Waals surface area contributed by atoms with Crippen molar-refractivity contribution in [3.05, 3.63) is 52.3 Å². The fraction of sp³-hybridized carbons (Fsp3) is 0.375. The first-order chi connectivity index (χ1) is 10.3. The van der Waals surface area contributed by atoms with Crippen molar-refractivity contribution in [1.82, 2.24) is 19.9 Å². The van der Waals surface area contributed by atoms with E-state index in [1.165, 1.54) is 16.1 Å². The van der Waals surface area contributed by atoms with Crippen LogP contribution >= 0.6 is 11.3 Å². The average molecular weight is 298 g/mol. The zero-order valence-corrected chi connectivity index (χ0v) is 12.9. The molecule has 1 aliphatic heterocycles. The normalized spacial score (nSPS) is 18.0. The molecule has 0 spiro atoms. The third-order valence-electron chi connectivity index (χ3n) is 4.00. The van der Waals surface area contributed by atoms with Crippen LogP contribution in [0.1, 0.15) is 28.9 Å². The smallest absolute Gasteiger partial charge is 0.212 e. The van der Waals surface area contributed by atoms with Crippen molar-refractivity contribution in [3.8, 4) is 0 Å². The summed E-state index contributed by atoms with van der Waals surface area (Å²) in [7, 11) is 0. The molecule has 2 aromatic heterocycles. The van der Waals surface area contributed by atoms with Gasteiger partial charge in [0.05, 0.1) is 5.69 Å². The second kappa shape index (κ2) is 5.24. The summed E-state index contributed by atoms with van der Waals surface area (Å²) >= 11 is 1.77. The van der Waals surface area contributed by atoms with Gasteiger partial charge in [0.25, 0.3) is 0 Å². The molecule has 1 unspecified atom stereocenters. The van der Waals surface area contributed by atoms with Gasteiger partial charge in [0.15, 0.2) is 5.82 Å². The number of rotatable bonds is 3. The van der Waals surface area contributed by atoms with Gasteiger partial charge in [-0.3, -0.25) is 0 Å². The zero-order valence-electron chi connectivity index (χ0n) is 12.0. The fourth-order valence-corrected chi connectivity index (χ4v) is 3.89. The van der Waals surface area contributed by atoms with Gasteiger partial charge in [0.1, 0.15) is 0 Å². The summed E-state index contributed by atoms with van der Waals surface area (Å²) in [6.45, 7) is 3.17. The Morgan fingerprint density at radius 1 is 1.29 bits per heavy atom. The molecule has 1 atom stereocenters. The lowest BCUT2D eigenvalue weighted by Crippen LogP contribution is -2.32. The molecule has 108 valence electrons. The molecule has 0 fully saturated rings. The first-order valence-corrected chi connectivity index (χ1v) is 8.25. The average Bonchev–Trinajstić information content (AvgIpc) is 3.04. The predicted octanol–water partition coefficient (Wildman–Crippen LogP) is 2.61. The van der Waals surface area contributed by atoms with Crippen LogP contribution in [0.5, 0.6) is 0 Å². The van der Waals surface area contributed by atoms with Crippen LogP contribution in [0.2, 0.25) is 0 Å². The highest BCUT2D eigenvalue weighted by Crippen LogP contribution is 2.26. The van der Waals surface area contributed by atoms with E-state index in [0.717, 1.165) is 36.6 Å². The largest absolute Gasteiger partial charge is 0.309 e. The van der Waals surface area contributed by atoms with E-state index in [4.69, 9.17) is 10.1 Å². The van der Waals surface area contributed by atoms with Gasteiger partial charge in [-0.2, -0.15) is 5.10 Å². The predicted molar refractivity (Wildman–Crippen MR) is 84.7 cm³/mol. The van der Waals surface area contributed by atoms with Gasteiger partial charge < -0.3 is 5.32 Å². The van der Waals surface area contributed by atoms with E-state index in [9.17, 15) is 0 Å². The Balaban J connectivity index is 1.57. The molecule has 3 heterocycles. The molecule has 1 aromatic carbocycles. The van der Waals surface area contributed by atoms with Crippen LogP contribution in [0.3, 0.4) is 0 Å². The van der Waals surface area contributed by atoms with Crippen molar-refractivity contribution in [1.29, 1.82) is 0 Å². The summed E-state index contributed by atoms with van der Waals surface area (Å²) in [5, 5.41) is 8.22. The van der Waals surface area contributed by atoms with E-state index >= 15 is 0 Å². The van der Waals surface area contributed by atoms with Crippen LogP contribution in [0.25, 0.3) is 4.96 Å². The maximum atomic E-state index is 4.72. The number of thiazole rings is 1. The van der Waals surface area contributed by atoms with Gasteiger partial charge in [-0.05, 0) is 18.9 Å². The number of fused-ring (bicyclic) bond motifs is 3. The minimum absolute atomic E-state index is 0.521. The number of nitrogens with one attached hydrogen (secondary N) is 1. The van der Waals surface area contributed by atoms with Crippen LogP contribution in [0, 0.1) is 0 Å². The lowest BCUT2D eigenvalue weighted by molar-refractivity contribution is 0.505. The maximum absolute atomic E-state index is 4.72. The lowest BCUT2D eigenvalue weighted by atomic mass is 10.1. The van der Waals surface area contributed by atoms with E-state index in [0.29, 0.717) is 6.04 Å². The zero-order chi connectivity index (χ0) is 14.2. The second-order valence-electron chi connectivity index (χ2n) is 5.67. The van der Waals surface area contributed by atoms with Crippen molar-refractivity contribution in [2.24, 2.45) is 0 Å². The summed E-state index contributed by atoms with van der Waals surface area (Å²) in [4.78, 5) is 7.13. The molecule has 0 bridgehead atoms. The van der Waals surface area contributed by atoms with E-state index in [2.05, 4.69) is 47.1 Å². The van der Waals surface area contributed by atoms with Gasteiger partial charge in [-0.1, -0.05) is 41.7 Å². The first-order valence-electron chi connectivity index (χ1n) is 7.43. The highest BCUT2D eigenvalue weighted by atomic mass is 32.1. The van der Waals surface area contributed by atoms with Crippen LogP contribution in [-0.4, -0.2) is 20.6 Å². The van der Waals surface area contributed by atoms with Crippen LogP contribution < -0.4 is 5.32 Å². The third-order valence-corrected chi connectivity index (χ3v) is 5.08. The summed E-state index contributed by atoms with van der Waals surface area (Å²) in [6, 6.07) is 11.1. The van der Waals surface area contributed by atoms with Gasteiger partial charge >= 0.3 is 0 Å². The molecule has 0 saturated heterocycles. The Bertz CT molecular complexity index is 759. The molecular formula is C16H18N4S. The number of hydrogen-bond donors (Lipinski definition) is 1. The number of nitrogens with zero attached hydrogens (tertiary/aromatic N) is 3. The van der Waals surface area contributed by atoms with Crippen molar-refractivity contribution in [3.63, 3.8) is 0 Å². The van der Waals surface area contributed by atoms with Crippen LogP contribution in [0.15, 0.2) is 30.3 Å². The van der Waals surface area contributed by atoms with Crippen molar-refractivity contribution >= 4 is 16.3 Å². The Hall–Kier alpha value is -1.72. The summed E-state index contributed by atoms with van der Waals surface area (Å²) in [5.41, 5.74) is 2.69. The molecule has 5 heteroatoms. The molecule has 3 aromatic rings. The number of hydrogen-bond acceptors (Lipinski definition) is 4. The van der Waals surface area contributed by atoms with Crippen molar-refractivity contribution in [2.75, 3.05) is 0 Å². The molecule has 0 saturated carbocycles. The van der Waals surface area contributed by atoms with Crippen molar-refractivity contribution < 1.29 is 0 Å². The topological polar surface area (TPSA) is 42.2 Å². The molecule has 0 aliphatic carbocycles. The van der Waals surface area contributed by atoms with Crippen LogP contribution in [0.4, 0.5) is 0 Å². The van der Waals surface area contributed by atoms with Gasteiger partial charge in [0.2, 0.25) is 4.96 Å².